The maximum absolute atomic E-state index is 12.0. The molecule has 1 aromatic heterocycles. The van der Waals surface area contributed by atoms with Crippen LogP contribution < -0.4 is 16.0 Å². The maximum Gasteiger partial charge on any atom is 0.234 e. The lowest BCUT2D eigenvalue weighted by atomic mass is 9.86. The number of anilines is 3. The normalized spacial score (nSPS) is 20.7. The van der Waals surface area contributed by atoms with Gasteiger partial charge in [0.25, 0.3) is 0 Å². The van der Waals surface area contributed by atoms with Gasteiger partial charge in [0.1, 0.15) is 12.5 Å². The fourth-order valence-corrected chi connectivity index (χ4v) is 2.99. The summed E-state index contributed by atoms with van der Waals surface area (Å²) >= 11 is 0. The molecule has 6 heteroatoms. The number of carbonyl (C=O) groups is 1. The molecule has 0 aliphatic carbocycles. The molecule has 0 saturated heterocycles. The standard InChI is InChI=1S/C16H17N5O/c1-8-4-13(18-7-17-8)14-19-11-5-9-10(6-12(11)20-14)21-15(22)16(9,2)3/h4-7,14,19-20H,1-3H3,(H,21,22). The van der Waals surface area contributed by atoms with Gasteiger partial charge in [-0.15, -0.1) is 0 Å². The number of nitrogens with zero attached hydrogens (tertiary/aromatic N) is 2. The van der Waals surface area contributed by atoms with Crippen molar-refractivity contribution in [3.63, 3.8) is 0 Å². The summed E-state index contributed by atoms with van der Waals surface area (Å²) in [4.78, 5) is 20.5. The van der Waals surface area contributed by atoms with Gasteiger partial charge in [0.15, 0.2) is 0 Å². The van der Waals surface area contributed by atoms with Crippen LogP contribution >= 0.6 is 0 Å². The molecule has 0 spiro atoms. The molecular formula is C16H17N5O. The highest BCUT2D eigenvalue weighted by Gasteiger charge is 2.40. The monoisotopic (exact) mass is 295 g/mol. The summed E-state index contributed by atoms with van der Waals surface area (Å²) in [6.07, 6.45) is 1.48. The van der Waals surface area contributed by atoms with Gasteiger partial charge < -0.3 is 16.0 Å². The van der Waals surface area contributed by atoms with Crippen molar-refractivity contribution < 1.29 is 4.79 Å². The minimum Gasteiger partial charge on any atom is -0.359 e. The summed E-state index contributed by atoms with van der Waals surface area (Å²) in [7, 11) is 0. The van der Waals surface area contributed by atoms with Crippen LogP contribution in [0.4, 0.5) is 17.1 Å². The Morgan fingerprint density at radius 1 is 1.05 bits per heavy atom. The Kier molecular flexibility index (Phi) is 2.49. The highest BCUT2D eigenvalue weighted by Crippen LogP contribution is 2.45. The Balaban J connectivity index is 1.71. The van der Waals surface area contributed by atoms with Gasteiger partial charge in [0.05, 0.1) is 22.5 Å². The van der Waals surface area contributed by atoms with Gasteiger partial charge in [-0.3, -0.25) is 4.79 Å². The molecule has 3 heterocycles. The Morgan fingerprint density at radius 2 is 1.77 bits per heavy atom. The molecule has 0 fully saturated rings. The van der Waals surface area contributed by atoms with E-state index in [9.17, 15) is 4.79 Å². The molecular weight excluding hydrogens is 278 g/mol. The number of nitrogens with one attached hydrogen (secondary N) is 3. The van der Waals surface area contributed by atoms with E-state index in [2.05, 4.69) is 25.9 Å². The van der Waals surface area contributed by atoms with Gasteiger partial charge in [-0.2, -0.15) is 0 Å². The number of fused-ring (bicyclic) bond motifs is 2. The van der Waals surface area contributed by atoms with Crippen LogP contribution in [0.25, 0.3) is 0 Å². The smallest absolute Gasteiger partial charge is 0.234 e. The van der Waals surface area contributed by atoms with Crippen LogP contribution in [-0.4, -0.2) is 15.9 Å². The van der Waals surface area contributed by atoms with Crippen molar-refractivity contribution >= 4 is 23.0 Å². The van der Waals surface area contributed by atoms with E-state index in [1.165, 1.54) is 0 Å². The predicted octanol–water partition coefficient (Wildman–Crippen LogP) is 2.55. The van der Waals surface area contributed by atoms with Gasteiger partial charge in [-0.1, -0.05) is 0 Å². The number of hydrogen-bond acceptors (Lipinski definition) is 5. The number of amides is 1. The number of benzene rings is 1. The molecule has 4 rings (SSSR count). The molecule has 2 aliphatic rings. The van der Waals surface area contributed by atoms with Crippen LogP contribution in [0.1, 0.15) is 37.0 Å². The third-order valence-corrected chi connectivity index (χ3v) is 4.37. The van der Waals surface area contributed by atoms with E-state index < -0.39 is 5.41 Å². The second-order valence-corrected chi connectivity index (χ2v) is 6.33. The molecule has 0 saturated carbocycles. The molecule has 1 aromatic carbocycles. The zero-order valence-electron chi connectivity index (χ0n) is 12.7. The zero-order valence-corrected chi connectivity index (χ0v) is 12.7. The van der Waals surface area contributed by atoms with E-state index in [0.717, 1.165) is 34.0 Å². The van der Waals surface area contributed by atoms with Crippen molar-refractivity contribution in [1.82, 2.24) is 9.97 Å². The third-order valence-electron chi connectivity index (χ3n) is 4.37. The first-order chi connectivity index (χ1) is 10.4. The lowest BCUT2D eigenvalue weighted by Crippen LogP contribution is -2.26. The van der Waals surface area contributed by atoms with Gasteiger partial charge in [-0.05, 0) is 44.5 Å². The fraction of sp³-hybridized carbons (Fsp3) is 0.312. The quantitative estimate of drug-likeness (QED) is 0.753. The average molecular weight is 295 g/mol. The van der Waals surface area contributed by atoms with E-state index in [4.69, 9.17) is 0 Å². The number of rotatable bonds is 1. The summed E-state index contributed by atoms with van der Waals surface area (Å²) in [5.41, 5.74) is 5.18. The Morgan fingerprint density at radius 3 is 2.50 bits per heavy atom. The predicted molar refractivity (Wildman–Crippen MR) is 84.9 cm³/mol. The Hall–Kier alpha value is -2.63. The van der Waals surface area contributed by atoms with Gasteiger partial charge >= 0.3 is 0 Å². The van der Waals surface area contributed by atoms with E-state index >= 15 is 0 Å². The molecule has 1 unspecified atom stereocenters. The SMILES string of the molecule is Cc1cc(C2Nc3cc4c(cc3N2)C(C)(C)C(=O)N4)ncn1. The average Bonchev–Trinajstić information content (AvgIpc) is 2.97. The Bertz CT molecular complexity index is 799. The highest BCUT2D eigenvalue weighted by atomic mass is 16.2. The van der Waals surface area contributed by atoms with Crippen LogP contribution in [0, 0.1) is 6.92 Å². The van der Waals surface area contributed by atoms with E-state index in [1.54, 1.807) is 6.33 Å². The van der Waals surface area contributed by atoms with Crippen molar-refractivity contribution in [2.24, 2.45) is 0 Å². The molecule has 2 aromatic rings. The number of aromatic nitrogens is 2. The second kappa shape index (κ2) is 4.19. The van der Waals surface area contributed by atoms with Crippen LogP contribution in [0.2, 0.25) is 0 Å². The second-order valence-electron chi connectivity index (χ2n) is 6.33. The first-order valence-electron chi connectivity index (χ1n) is 7.27. The van der Waals surface area contributed by atoms with Crippen molar-refractivity contribution in [1.29, 1.82) is 0 Å². The minimum atomic E-state index is -0.504. The van der Waals surface area contributed by atoms with Gasteiger partial charge in [0, 0.05) is 11.4 Å². The summed E-state index contributed by atoms with van der Waals surface area (Å²) < 4.78 is 0. The first kappa shape index (κ1) is 13.1. The molecule has 6 nitrogen and oxygen atoms in total. The lowest BCUT2D eigenvalue weighted by molar-refractivity contribution is -0.119. The molecule has 0 radical (unpaired) electrons. The van der Waals surface area contributed by atoms with E-state index in [1.807, 2.05) is 39.0 Å². The highest BCUT2D eigenvalue weighted by molar-refractivity contribution is 6.07. The number of aryl methyl sites for hydroxylation is 1. The molecule has 2 aliphatic heterocycles. The number of carbonyl (C=O) groups excluding carboxylic acids is 1. The van der Waals surface area contributed by atoms with Crippen LogP contribution in [-0.2, 0) is 10.2 Å². The van der Waals surface area contributed by atoms with Crippen molar-refractivity contribution in [3.8, 4) is 0 Å². The largest absolute Gasteiger partial charge is 0.359 e. The van der Waals surface area contributed by atoms with E-state index in [0.29, 0.717) is 0 Å². The van der Waals surface area contributed by atoms with Gasteiger partial charge in [0.2, 0.25) is 5.91 Å². The minimum absolute atomic E-state index is 0.0362. The summed E-state index contributed by atoms with van der Waals surface area (Å²) in [6.45, 7) is 5.82. The number of hydrogen-bond donors (Lipinski definition) is 3. The summed E-state index contributed by atoms with van der Waals surface area (Å²) in [6, 6.07) is 5.98. The summed E-state index contributed by atoms with van der Waals surface area (Å²) in [5, 5.41) is 9.77. The third kappa shape index (κ3) is 1.76. The van der Waals surface area contributed by atoms with Crippen molar-refractivity contribution in [2.45, 2.75) is 32.4 Å². The Labute approximate surface area is 128 Å². The van der Waals surface area contributed by atoms with Crippen LogP contribution in [0.3, 0.4) is 0 Å². The molecule has 22 heavy (non-hydrogen) atoms. The maximum atomic E-state index is 12.0. The van der Waals surface area contributed by atoms with Crippen molar-refractivity contribution in [3.05, 3.63) is 41.5 Å². The first-order valence-corrected chi connectivity index (χ1v) is 7.27. The van der Waals surface area contributed by atoms with Crippen LogP contribution in [0.15, 0.2) is 24.5 Å². The van der Waals surface area contributed by atoms with E-state index in [-0.39, 0.29) is 12.1 Å². The molecule has 0 bridgehead atoms. The van der Waals surface area contributed by atoms with Crippen LogP contribution in [0.5, 0.6) is 0 Å². The summed E-state index contributed by atoms with van der Waals surface area (Å²) in [5.74, 6) is 0.0362. The topological polar surface area (TPSA) is 78.9 Å². The van der Waals surface area contributed by atoms with Crippen molar-refractivity contribution in [2.75, 3.05) is 16.0 Å². The molecule has 3 N–H and O–H groups in total. The van der Waals surface area contributed by atoms with Gasteiger partial charge in [-0.25, -0.2) is 9.97 Å². The molecule has 1 atom stereocenters. The lowest BCUT2D eigenvalue weighted by Gasteiger charge is -2.15. The molecule has 112 valence electrons. The molecule has 1 amide bonds. The zero-order chi connectivity index (χ0) is 15.5. The fourth-order valence-electron chi connectivity index (χ4n) is 2.99.